The average molecular weight is 645 g/mol. The Balaban J connectivity index is 1.35. The van der Waals surface area contributed by atoms with Crippen molar-refractivity contribution < 1.29 is 37.0 Å². The number of alkyl halides is 3. The lowest BCUT2D eigenvalue weighted by atomic mass is 10.1. The highest BCUT2D eigenvalue weighted by atomic mass is 32.2. The smallest absolute Gasteiger partial charge is 0.494 e. The Morgan fingerprint density at radius 3 is 2.33 bits per heavy atom. The number of hydrogen-bond donors (Lipinski definition) is 3. The van der Waals surface area contributed by atoms with Crippen LogP contribution in [0.4, 0.5) is 18.9 Å². The van der Waals surface area contributed by atoms with E-state index in [1.54, 1.807) is 18.2 Å². The third kappa shape index (κ3) is 10.4. The van der Waals surface area contributed by atoms with Gasteiger partial charge in [0.1, 0.15) is 11.5 Å². The van der Waals surface area contributed by atoms with Gasteiger partial charge >= 0.3 is 6.36 Å². The molecule has 4 N–H and O–H groups in total. The van der Waals surface area contributed by atoms with E-state index in [1.807, 2.05) is 24.3 Å². The third-order valence-electron chi connectivity index (χ3n) is 6.85. The van der Waals surface area contributed by atoms with Gasteiger partial charge in [-0.2, -0.15) is 0 Å². The number of carbonyl (C=O) groups is 3. The Morgan fingerprint density at radius 1 is 0.956 bits per heavy atom. The predicted octanol–water partition coefficient (Wildman–Crippen LogP) is 5.17. The third-order valence-corrected chi connectivity index (χ3v) is 8.03. The van der Waals surface area contributed by atoms with Gasteiger partial charge in [-0.05, 0) is 72.9 Å². The van der Waals surface area contributed by atoms with Gasteiger partial charge in [0.25, 0.3) is 5.91 Å². The topological polar surface area (TPSA) is 123 Å². The summed E-state index contributed by atoms with van der Waals surface area (Å²) in [7, 11) is 0. The summed E-state index contributed by atoms with van der Waals surface area (Å²) < 4.78 is 47.4. The number of anilines is 1. The first-order chi connectivity index (χ1) is 21.5. The van der Waals surface area contributed by atoms with Gasteiger partial charge < -0.3 is 30.7 Å². The largest absolute Gasteiger partial charge is 0.573 e. The summed E-state index contributed by atoms with van der Waals surface area (Å²) in [6.07, 6.45) is -2.10. The minimum absolute atomic E-state index is 0.0307. The van der Waals surface area contributed by atoms with Gasteiger partial charge in [-0.3, -0.25) is 14.4 Å². The first kappa shape index (κ1) is 33.7. The minimum Gasteiger partial charge on any atom is -0.494 e. The highest BCUT2D eigenvalue weighted by molar-refractivity contribution is 7.99. The molecule has 4 rings (SSSR count). The monoisotopic (exact) mass is 644 g/mol. The number of carbonyl (C=O) groups excluding carboxylic acids is 3. The number of rotatable bonds is 13. The zero-order valence-corrected chi connectivity index (χ0v) is 25.5. The van der Waals surface area contributed by atoms with Gasteiger partial charge in [0.05, 0.1) is 24.9 Å². The molecule has 0 fully saturated rings. The second-order valence-electron chi connectivity index (χ2n) is 10.4. The Morgan fingerprint density at radius 2 is 1.64 bits per heavy atom. The second-order valence-corrected chi connectivity index (χ2v) is 11.5. The summed E-state index contributed by atoms with van der Waals surface area (Å²) in [5.41, 5.74) is 8.39. The van der Waals surface area contributed by atoms with Crippen LogP contribution in [0.1, 0.15) is 47.7 Å². The van der Waals surface area contributed by atoms with Gasteiger partial charge in [0.15, 0.2) is 0 Å². The molecule has 0 aromatic heterocycles. The van der Waals surface area contributed by atoms with Crippen molar-refractivity contribution in [3.05, 3.63) is 83.4 Å². The van der Waals surface area contributed by atoms with Crippen LogP contribution in [0.15, 0.2) is 71.6 Å². The lowest BCUT2D eigenvalue weighted by Gasteiger charge is -2.25. The van der Waals surface area contributed by atoms with Crippen LogP contribution in [0.25, 0.3) is 0 Å². The molecule has 240 valence electrons. The molecule has 1 aliphatic heterocycles. The number of amides is 3. The molecule has 0 bridgehead atoms. The number of thioether (sulfide) groups is 1. The van der Waals surface area contributed by atoms with E-state index < -0.39 is 12.4 Å². The molecule has 3 aromatic rings. The molecule has 0 radical (unpaired) electrons. The fraction of sp³-hybridized carbons (Fsp3) is 0.344. The zero-order valence-electron chi connectivity index (χ0n) is 24.7. The molecule has 3 amide bonds. The molecule has 1 aliphatic rings. The summed E-state index contributed by atoms with van der Waals surface area (Å²) in [6, 6.07) is 16.9. The summed E-state index contributed by atoms with van der Waals surface area (Å²) in [6.45, 7) is 3.04. The van der Waals surface area contributed by atoms with Gasteiger partial charge in [-0.1, -0.05) is 24.3 Å². The lowest BCUT2D eigenvalue weighted by molar-refractivity contribution is -0.274. The van der Waals surface area contributed by atoms with Gasteiger partial charge in [0, 0.05) is 36.2 Å². The fourth-order valence-electron chi connectivity index (χ4n) is 4.55. The predicted molar refractivity (Wildman–Crippen MR) is 165 cm³/mol. The van der Waals surface area contributed by atoms with Crippen molar-refractivity contribution >= 4 is 35.2 Å². The fourth-order valence-corrected chi connectivity index (χ4v) is 5.53. The van der Waals surface area contributed by atoms with Crippen molar-refractivity contribution in [2.24, 2.45) is 5.73 Å². The Bertz CT molecular complexity index is 1470. The van der Waals surface area contributed by atoms with E-state index in [-0.39, 0.29) is 36.6 Å². The van der Waals surface area contributed by atoms with E-state index in [0.717, 1.165) is 35.5 Å². The molecule has 0 unspecified atom stereocenters. The molecule has 0 saturated carbocycles. The van der Waals surface area contributed by atoms with Crippen LogP contribution >= 0.6 is 11.8 Å². The van der Waals surface area contributed by atoms with Crippen molar-refractivity contribution in [1.29, 1.82) is 0 Å². The molecule has 13 heteroatoms. The molecule has 9 nitrogen and oxygen atoms in total. The van der Waals surface area contributed by atoms with Crippen molar-refractivity contribution in [3.8, 4) is 11.5 Å². The van der Waals surface area contributed by atoms with E-state index in [9.17, 15) is 27.6 Å². The number of unbranched alkanes of at least 4 members (excludes halogenated alkanes) is 2. The maximum Gasteiger partial charge on any atom is 0.573 e. The van der Waals surface area contributed by atoms with E-state index in [2.05, 4.69) is 15.4 Å². The summed E-state index contributed by atoms with van der Waals surface area (Å²) >= 11 is 1.40. The van der Waals surface area contributed by atoms with E-state index in [4.69, 9.17) is 10.5 Å². The van der Waals surface area contributed by atoms with Crippen LogP contribution < -0.4 is 30.7 Å². The summed E-state index contributed by atoms with van der Waals surface area (Å²) in [5, 5.41) is 5.66. The minimum atomic E-state index is -4.81. The van der Waals surface area contributed by atoms with Gasteiger partial charge in [-0.15, -0.1) is 24.9 Å². The zero-order chi connectivity index (χ0) is 32.4. The van der Waals surface area contributed by atoms with E-state index in [1.165, 1.54) is 47.9 Å². The van der Waals surface area contributed by atoms with Crippen LogP contribution in [0, 0.1) is 0 Å². The number of hydrogen-bond acceptors (Lipinski definition) is 7. The molecule has 45 heavy (non-hydrogen) atoms. The van der Waals surface area contributed by atoms with E-state index in [0.29, 0.717) is 35.7 Å². The Labute approximate surface area is 263 Å². The van der Waals surface area contributed by atoms with Crippen molar-refractivity contribution in [2.75, 3.05) is 23.8 Å². The number of nitrogens with zero attached hydrogens (tertiary/aromatic N) is 1. The molecule has 0 spiro atoms. The molecule has 0 aliphatic carbocycles. The van der Waals surface area contributed by atoms with Crippen LogP contribution in [0.3, 0.4) is 0 Å². The number of benzene rings is 3. The number of fused-ring (bicyclic) bond motifs is 1. The normalized spacial score (nSPS) is 14.7. The lowest BCUT2D eigenvalue weighted by Crippen LogP contribution is -2.44. The van der Waals surface area contributed by atoms with E-state index >= 15 is 0 Å². The Hall–Kier alpha value is -4.23. The van der Waals surface area contributed by atoms with Crippen molar-refractivity contribution in [1.82, 2.24) is 10.6 Å². The first-order valence-electron chi connectivity index (χ1n) is 14.4. The number of halogens is 3. The van der Waals surface area contributed by atoms with Crippen molar-refractivity contribution in [3.63, 3.8) is 0 Å². The maximum atomic E-state index is 13.2. The summed E-state index contributed by atoms with van der Waals surface area (Å²) in [5.74, 6) is -0.0325. The second kappa shape index (κ2) is 15.7. The van der Waals surface area contributed by atoms with Crippen LogP contribution in [-0.4, -0.2) is 49.0 Å². The number of nitrogens with two attached hydrogens (primary N) is 1. The standard InChI is InChI=1S/C32H35F3N4O5S/c1-21(40)37-15-3-2-4-16-43-25-10-5-22(6-11-25)18-38-30(41)24-9-14-29-28(17-24)39(31(42)27(36)20-45-29)19-23-7-12-26(13-8-23)44-32(33,34)35/h5-14,17,27H,2-4,15-16,18-20,36H2,1H3,(H,37,40)(H,38,41)/t27-/m0/s1. The summed E-state index contributed by atoms with van der Waals surface area (Å²) in [4.78, 5) is 39.4. The SMILES string of the molecule is CC(=O)NCCCCCOc1ccc(CNC(=O)c2ccc3c(c2)N(Cc2ccc(OC(F)(F)F)cc2)C(=O)[C@@H](N)CS3)cc1. The number of nitrogens with one attached hydrogen (secondary N) is 2. The van der Waals surface area contributed by atoms with Crippen LogP contribution in [0.5, 0.6) is 11.5 Å². The van der Waals surface area contributed by atoms with Crippen LogP contribution in [-0.2, 0) is 22.7 Å². The van der Waals surface area contributed by atoms with Gasteiger partial charge in [-0.25, -0.2) is 0 Å². The highest BCUT2D eigenvalue weighted by Gasteiger charge is 2.32. The maximum absolute atomic E-state index is 13.2. The highest BCUT2D eigenvalue weighted by Crippen LogP contribution is 2.36. The quantitative estimate of drug-likeness (QED) is 0.220. The molecular weight excluding hydrogens is 609 g/mol. The number of ether oxygens (including phenoxy) is 2. The van der Waals surface area contributed by atoms with Crippen molar-refractivity contribution in [2.45, 2.75) is 56.6 Å². The molecule has 3 aromatic carbocycles. The first-order valence-corrected chi connectivity index (χ1v) is 15.4. The average Bonchev–Trinajstić information content (AvgIpc) is 3.11. The molecular formula is C32H35F3N4O5S. The molecule has 0 saturated heterocycles. The molecule has 1 heterocycles. The van der Waals surface area contributed by atoms with Crippen LogP contribution in [0.2, 0.25) is 0 Å². The Kier molecular flexibility index (Phi) is 11.7. The molecule has 1 atom stereocenters. The van der Waals surface area contributed by atoms with Gasteiger partial charge in [0.2, 0.25) is 11.8 Å².